The van der Waals surface area contributed by atoms with E-state index < -0.39 is 6.04 Å². The van der Waals surface area contributed by atoms with E-state index in [9.17, 15) is 9.59 Å². The number of piperazine rings is 1. The van der Waals surface area contributed by atoms with Gasteiger partial charge in [-0.3, -0.25) is 14.5 Å². The molecule has 1 unspecified atom stereocenters. The van der Waals surface area contributed by atoms with Crippen LogP contribution >= 0.6 is 0 Å². The summed E-state index contributed by atoms with van der Waals surface area (Å²) in [5.74, 6) is 1.38. The van der Waals surface area contributed by atoms with Crippen LogP contribution in [0.2, 0.25) is 0 Å². The molecular weight excluding hydrogens is 308 g/mol. The minimum atomic E-state index is -0.433. The first-order chi connectivity index (χ1) is 11.3. The molecule has 0 aromatic carbocycles. The van der Waals surface area contributed by atoms with Crippen molar-refractivity contribution < 1.29 is 9.59 Å². The number of nitrogens with zero attached hydrogens (tertiary/aromatic N) is 5. The summed E-state index contributed by atoms with van der Waals surface area (Å²) >= 11 is 0. The molecule has 1 aromatic heterocycles. The van der Waals surface area contributed by atoms with Gasteiger partial charge in [0, 0.05) is 39.1 Å². The van der Waals surface area contributed by atoms with Crippen molar-refractivity contribution in [3.8, 4) is 0 Å². The molecule has 1 aromatic rings. The van der Waals surface area contributed by atoms with Crippen LogP contribution in [0.1, 0.15) is 31.9 Å². The molecule has 1 saturated heterocycles. The summed E-state index contributed by atoms with van der Waals surface area (Å²) in [5, 5.41) is 6.96. The van der Waals surface area contributed by atoms with Crippen LogP contribution in [0.4, 0.5) is 0 Å². The third kappa shape index (κ3) is 4.11. The Morgan fingerprint density at radius 3 is 2.54 bits per heavy atom. The predicted molar refractivity (Wildman–Crippen MR) is 90.4 cm³/mol. The highest BCUT2D eigenvalue weighted by molar-refractivity contribution is 5.88. The number of rotatable bonds is 5. The van der Waals surface area contributed by atoms with Crippen molar-refractivity contribution in [1.29, 1.82) is 0 Å². The number of carbonyl (C=O) groups excluding carboxylic acids is 2. The van der Waals surface area contributed by atoms with E-state index in [-0.39, 0.29) is 11.8 Å². The van der Waals surface area contributed by atoms with E-state index in [1.54, 1.807) is 16.6 Å². The Kier molecular flexibility index (Phi) is 5.93. The van der Waals surface area contributed by atoms with E-state index in [4.69, 9.17) is 0 Å². The average molecular weight is 336 g/mol. The molecule has 1 aliphatic heterocycles. The summed E-state index contributed by atoms with van der Waals surface area (Å²) < 4.78 is 1.74. The van der Waals surface area contributed by atoms with Gasteiger partial charge >= 0.3 is 0 Å². The lowest BCUT2D eigenvalue weighted by Crippen LogP contribution is -2.61. The van der Waals surface area contributed by atoms with Crippen LogP contribution in [0.25, 0.3) is 0 Å². The van der Waals surface area contributed by atoms with Gasteiger partial charge in [0.25, 0.3) is 0 Å². The number of carbonyl (C=O) groups is 2. The van der Waals surface area contributed by atoms with Gasteiger partial charge in [-0.1, -0.05) is 0 Å². The van der Waals surface area contributed by atoms with Gasteiger partial charge in [-0.25, -0.2) is 9.67 Å². The number of likely N-dealkylation sites (N-methyl/N-ethyl adjacent to an activating group) is 1. The second kappa shape index (κ2) is 7.74. The van der Waals surface area contributed by atoms with E-state index in [1.807, 2.05) is 13.8 Å². The van der Waals surface area contributed by atoms with Crippen molar-refractivity contribution in [2.24, 2.45) is 0 Å². The lowest BCUT2D eigenvalue weighted by atomic mass is 10.1. The van der Waals surface area contributed by atoms with Crippen LogP contribution in [-0.2, 0) is 16.1 Å². The van der Waals surface area contributed by atoms with Crippen LogP contribution in [-0.4, -0.2) is 75.1 Å². The highest BCUT2D eigenvalue weighted by atomic mass is 16.2. The maximum Gasteiger partial charge on any atom is 0.243 e. The SMILES string of the molecule is CNC(=O)C1CN(C(C)C)CCN1C(=O)CCn1nc(C)nc1C. The zero-order chi connectivity index (χ0) is 17.9. The number of nitrogens with one attached hydrogen (secondary N) is 1. The first-order valence-electron chi connectivity index (χ1n) is 8.46. The molecule has 0 aliphatic carbocycles. The topological polar surface area (TPSA) is 83.4 Å². The zero-order valence-electron chi connectivity index (χ0n) is 15.2. The molecule has 2 heterocycles. The monoisotopic (exact) mass is 336 g/mol. The quantitative estimate of drug-likeness (QED) is 0.815. The molecule has 8 nitrogen and oxygen atoms in total. The third-order valence-corrected chi connectivity index (χ3v) is 4.51. The van der Waals surface area contributed by atoms with Gasteiger partial charge in [-0.2, -0.15) is 5.10 Å². The molecular formula is C16H28N6O2. The van der Waals surface area contributed by atoms with Crippen molar-refractivity contribution in [3.05, 3.63) is 11.6 Å². The maximum absolute atomic E-state index is 12.7. The van der Waals surface area contributed by atoms with Crippen LogP contribution in [0.15, 0.2) is 0 Å². The summed E-state index contributed by atoms with van der Waals surface area (Å²) in [7, 11) is 1.61. The number of aryl methyl sites for hydroxylation is 3. The molecule has 1 aliphatic rings. The predicted octanol–water partition coefficient (Wildman–Crippen LogP) is -0.0478. The van der Waals surface area contributed by atoms with Gasteiger partial charge in [0.05, 0.1) is 6.54 Å². The fourth-order valence-corrected chi connectivity index (χ4v) is 3.08. The highest BCUT2D eigenvalue weighted by Gasteiger charge is 2.35. The largest absolute Gasteiger partial charge is 0.357 e. The van der Waals surface area contributed by atoms with Crippen molar-refractivity contribution in [3.63, 3.8) is 0 Å². The summed E-state index contributed by atoms with van der Waals surface area (Å²) in [6, 6.07) is -0.0765. The van der Waals surface area contributed by atoms with Crippen molar-refractivity contribution in [2.45, 2.75) is 52.7 Å². The van der Waals surface area contributed by atoms with Crippen LogP contribution in [0, 0.1) is 13.8 Å². The standard InChI is InChI=1S/C16H28N6O2/c1-11(2)20-8-9-21(14(10-20)16(24)17-5)15(23)6-7-22-13(4)18-12(3)19-22/h11,14H,6-10H2,1-5H3,(H,17,24). The number of hydrogen-bond donors (Lipinski definition) is 1. The second-order valence-corrected chi connectivity index (χ2v) is 6.49. The Hall–Kier alpha value is -1.96. The molecule has 24 heavy (non-hydrogen) atoms. The Morgan fingerprint density at radius 2 is 2.00 bits per heavy atom. The fourth-order valence-electron chi connectivity index (χ4n) is 3.08. The molecule has 2 rings (SSSR count). The summed E-state index contributed by atoms with van der Waals surface area (Å²) in [6.45, 7) is 10.3. The van der Waals surface area contributed by atoms with E-state index in [1.165, 1.54) is 0 Å². The molecule has 1 N–H and O–H groups in total. The smallest absolute Gasteiger partial charge is 0.243 e. The Balaban J connectivity index is 2.03. The van der Waals surface area contributed by atoms with Gasteiger partial charge in [-0.05, 0) is 27.7 Å². The molecule has 2 amide bonds. The molecule has 0 spiro atoms. The molecule has 8 heteroatoms. The van der Waals surface area contributed by atoms with Crippen molar-refractivity contribution in [2.75, 3.05) is 26.7 Å². The number of aromatic nitrogens is 3. The Labute approximate surface area is 143 Å². The molecule has 0 saturated carbocycles. The average Bonchev–Trinajstić information content (AvgIpc) is 2.88. The molecule has 0 radical (unpaired) electrons. The molecule has 1 atom stereocenters. The van der Waals surface area contributed by atoms with Crippen LogP contribution in [0.3, 0.4) is 0 Å². The summed E-state index contributed by atoms with van der Waals surface area (Å²) in [4.78, 5) is 33.1. The number of amides is 2. The Morgan fingerprint density at radius 1 is 1.29 bits per heavy atom. The maximum atomic E-state index is 12.7. The lowest BCUT2D eigenvalue weighted by Gasteiger charge is -2.42. The lowest BCUT2D eigenvalue weighted by molar-refractivity contribution is -0.144. The van der Waals surface area contributed by atoms with E-state index >= 15 is 0 Å². The molecule has 1 fully saturated rings. The first-order valence-corrected chi connectivity index (χ1v) is 8.46. The van der Waals surface area contributed by atoms with Gasteiger partial charge in [0.2, 0.25) is 11.8 Å². The fraction of sp³-hybridized carbons (Fsp3) is 0.750. The third-order valence-electron chi connectivity index (χ3n) is 4.51. The normalized spacial score (nSPS) is 18.9. The zero-order valence-corrected chi connectivity index (χ0v) is 15.2. The van der Waals surface area contributed by atoms with E-state index in [0.29, 0.717) is 37.9 Å². The van der Waals surface area contributed by atoms with Gasteiger partial charge in [0.1, 0.15) is 17.7 Å². The van der Waals surface area contributed by atoms with E-state index in [2.05, 4.69) is 34.1 Å². The minimum Gasteiger partial charge on any atom is -0.357 e. The van der Waals surface area contributed by atoms with Crippen molar-refractivity contribution in [1.82, 2.24) is 29.9 Å². The van der Waals surface area contributed by atoms with Crippen molar-refractivity contribution >= 4 is 11.8 Å². The molecule has 0 bridgehead atoms. The van der Waals surface area contributed by atoms with E-state index in [0.717, 1.165) is 12.4 Å². The van der Waals surface area contributed by atoms with Gasteiger partial charge in [-0.15, -0.1) is 0 Å². The van der Waals surface area contributed by atoms with Crippen LogP contribution in [0.5, 0.6) is 0 Å². The second-order valence-electron chi connectivity index (χ2n) is 6.49. The highest BCUT2D eigenvalue weighted by Crippen LogP contribution is 2.14. The first kappa shape index (κ1) is 18.4. The summed E-state index contributed by atoms with van der Waals surface area (Å²) in [5.41, 5.74) is 0. The summed E-state index contributed by atoms with van der Waals surface area (Å²) in [6.07, 6.45) is 0.318. The number of hydrogen-bond acceptors (Lipinski definition) is 5. The van der Waals surface area contributed by atoms with Crippen LogP contribution < -0.4 is 5.32 Å². The van der Waals surface area contributed by atoms with Gasteiger partial charge in [0.15, 0.2) is 0 Å². The minimum absolute atomic E-state index is 0.0143. The van der Waals surface area contributed by atoms with Gasteiger partial charge < -0.3 is 10.2 Å². The molecule has 134 valence electrons. The Bertz CT molecular complexity index is 597.